The summed E-state index contributed by atoms with van der Waals surface area (Å²) in [5.41, 5.74) is -3.91. The Kier molecular flexibility index (Phi) is 3.16. The average molecular weight is 303 g/mol. The first-order chi connectivity index (χ1) is 11.2. The molecule has 0 saturated carbocycles. The highest BCUT2D eigenvalue weighted by molar-refractivity contribution is 5.46. The third-order valence-corrected chi connectivity index (χ3v) is 4.18. The van der Waals surface area contributed by atoms with Crippen LogP contribution in [-0.2, 0) is 0 Å². The molecule has 0 aliphatic carbocycles. The predicted octanol–water partition coefficient (Wildman–Crippen LogP) is 2.33. The molecular formula is C16H9N5O2. The Morgan fingerprint density at radius 2 is 1.17 bits per heavy atom. The number of hydrogen-bond donors (Lipinski definition) is 1. The highest BCUT2D eigenvalue weighted by atomic mass is 16.3. The van der Waals surface area contributed by atoms with E-state index in [1.54, 1.807) is 24.3 Å². The van der Waals surface area contributed by atoms with Crippen molar-refractivity contribution in [3.63, 3.8) is 0 Å². The molecule has 3 heterocycles. The van der Waals surface area contributed by atoms with Crippen molar-refractivity contribution in [1.82, 2.24) is 5.32 Å². The van der Waals surface area contributed by atoms with Crippen LogP contribution in [0.1, 0.15) is 23.6 Å². The molecule has 2 atom stereocenters. The minimum absolute atomic E-state index is 0.303. The first kappa shape index (κ1) is 14.4. The summed E-state index contributed by atoms with van der Waals surface area (Å²) >= 11 is 0. The maximum atomic E-state index is 9.71. The molecule has 3 rings (SSSR count). The Morgan fingerprint density at radius 3 is 1.43 bits per heavy atom. The summed E-state index contributed by atoms with van der Waals surface area (Å²) in [5.74, 6) is 0.606. The molecule has 1 fully saturated rings. The molecule has 2 aromatic heterocycles. The van der Waals surface area contributed by atoms with Crippen molar-refractivity contribution in [3.8, 4) is 24.3 Å². The normalized spacial score (nSPS) is 24.0. The van der Waals surface area contributed by atoms with E-state index in [0.717, 1.165) is 0 Å². The summed E-state index contributed by atoms with van der Waals surface area (Å²) in [4.78, 5) is 0. The van der Waals surface area contributed by atoms with Gasteiger partial charge in [-0.3, -0.25) is 5.32 Å². The lowest BCUT2D eigenvalue weighted by molar-refractivity contribution is 0.278. The summed E-state index contributed by atoms with van der Waals surface area (Å²) < 4.78 is 10.6. The first-order valence-electron chi connectivity index (χ1n) is 6.67. The topological polar surface area (TPSA) is 133 Å². The summed E-state index contributed by atoms with van der Waals surface area (Å²) in [6.07, 6.45) is 2.80. The van der Waals surface area contributed by atoms with E-state index >= 15 is 0 Å². The Balaban J connectivity index is 2.28. The van der Waals surface area contributed by atoms with Crippen LogP contribution >= 0.6 is 0 Å². The first-order valence-corrected chi connectivity index (χ1v) is 6.67. The van der Waals surface area contributed by atoms with E-state index in [1.807, 2.05) is 24.3 Å². The molecule has 7 nitrogen and oxygen atoms in total. The molecule has 0 spiro atoms. The largest absolute Gasteiger partial charge is 0.468 e. The molecule has 2 aromatic rings. The molecule has 0 radical (unpaired) electrons. The number of furan rings is 2. The lowest BCUT2D eigenvalue weighted by atomic mass is 9.62. The zero-order valence-corrected chi connectivity index (χ0v) is 11.7. The van der Waals surface area contributed by atoms with Crippen LogP contribution in [-0.4, -0.2) is 0 Å². The maximum absolute atomic E-state index is 9.71. The lowest BCUT2D eigenvalue weighted by Gasteiger charge is -2.27. The van der Waals surface area contributed by atoms with E-state index in [9.17, 15) is 21.0 Å². The lowest BCUT2D eigenvalue weighted by Crippen LogP contribution is -2.39. The van der Waals surface area contributed by atoms with Crippen LogP contribution in [0.15, 0.2) is 45.6 Å². The second-order valence-electron chi connectivity index (χ2n) is 5.13. The van der Waals surface area contributed by atoms with Crippen LogP contribution in [0.5, 0.6) is 0 Å². The molecule has 0 bridgehead atoms. The SMILES string of the molecule is N#CC1(C#N)C(c2ccco2)NC(c2ccco2)C1(C#N)C#N. The van der Waals surface area contributed by atoms with Gasteiger partial charge in [0.15, 0.2) is 10.8 Å². The molecule has 110 valence electrons. The molecule has 23 heavy (non-hydrogen) atoms. The van der Waals surface area contributed by atoms with Gasteiger partial charge in [-0.25, -0.2) is 0 Å². The van der Waals surface area contributed by atoms with Gasteiger partial charge < -0.3 is 8.83 Å². The van der Waals surface area contributed by atoms with Crippen LogP contribution in [0.3, 0.4) is 0 Å². The minimum Gasteiger partial charge on any atom is -0.468 e. The molecule has 1 N–H and O–H groups in total. The van der Waals surface area contributed by atoms with Crippen molar-refractivity contribution < 1.29 is 8.83 Å². The number of rotatable bonds is 2. The highest BCUT2D eigenvalue weighted by Crippen LogP contribution is 2.59. The van der Waals surface area contributed by atoms with Crippen molar-refractivity contribution in [1.29, 1.82) is 21.0 Å². The van der Waals surface area contributed by atoms with Crippen molar-refractivity contribution in [2.24, 2.45) is 10.8 Å². The Hall–Kier alpha value is -3.52. The van der Waals surface area contributed by atoms with Gasteiger partial charge in [-0.15, -0.1) is 0 Å². The van der Waals surface area contributed by atoms with E-state index in [-0.39, 0.29) is 0 Å². The smallest absolute Gasteiger partial charge is 0.199 e. The molecule has 1 saturated heterocycles. The Morgan fingerprint density at radius 1 is 0.783 bits per heavy atom. The third-order valence-electron chi connectivity index (χ3n) is 4.18. The van der Waals surface area contributed by atoms with E-state index < -0.39 is 22.9 Å². The minimum atomic E-state index is -1.95. The second-order valence-corrected chi connectivity index (χ2v) is 5.13. The van der Waals surface area contributed by atoms with Gasteiger partial charge in [0.1, 0.15) is 23.6 Å². The van der Waals surface area contributed by atoms with Crippen LogP contribution in [0, 0.1) is 56.2 Å². The molecule has 7 heteroatoms. The third kappa shape index (κ3) is 1.63. The summed E-state index contributed by atoms with van der Waals surface area (Å²) in [6.45, 7) is 0. The second kappa shape index (κ2) is 5.04. The van der Waals surface area contributed by atoms with Crippen molar-refractivity contribution in [2.75, 3.05) is 0 Å². The predicted molar refractivity (Wildman–Crippen MR) is 73.4 cm³/mol. The van der Waals surface area contributed by atoms with Crippen LogP contribution < -0.4 is 5.32 Å². The number of hydrogen-bond acceptors (Lipinski definition) is 7. The fourth-order valence-corrected chi connectivity index (χ4v) is 3.04. The maximum Gasteiger partial charge on any atom is 0.199 e. The van der Waals surface area contributed by atoms with Gasteiger partial charge in [-0.05, 0) is 24.3 Å². The molecule has 1 aliphatic heterocycles. The van der Waals surface area contributed by atoms with Gasteiger partial charge in [0.2, 0.25) is 0 Å². The van der Waals surface area contributed by atoms with Gasteiger partial charge >= 0.3 is 0 Å². The molecule has 2 unspecified atom stereocenters. The van der Waals surface area contributed by atoms with E-state index in [4.69, 9.17) is 8.83 Å². The number of nitrogens with one attached hydrogen (secondary N) is 1. The molecular weight excluding hydrogens is 294 g/mol. The van der Waals surface area contributed by atoms with Crippen LogP contribution in [0.4, 0.5) is 0 Å². The van der Waals surface area contributed by atoms with E-state index in [2.05, 4.69) is 5.32 Å². The van der Waals surface area contributed by atoms with Gasteiger partial charge in [0.05, 0.1) is 36.8 Å². The van der Waals surface area contributed by atoms with Gasteiger partial charge in [0, 0.05) is 0 Å². The summed E-state index contributed by atoms with van der Waals surface area (Å²) in [5, 5.41) is 41.9. The molecule has 1 aliphatic rings. The van der Waals surface area contributed by atoms with Crippen LogP contribution in [0.2, 0.25) is 0 Å². The van der Waals surface area contributed by atoms with E-state index in [0.29, 0.717) is 11.5 Å². The highest BCUT2D eigenvalue weighted by Gasteiger charge is 2.71. The fourth-order valence-electron chi connectivity index (χ4n) is 3.04. The van der Waals surface area contributed by atoms with Crippen molar-refractivity contribution >= 4 is 0 Å². The number of nitrogens with zero attached hydrogens (tertiary/aromatic N) is 4. The summed E-state index contributed by atoms with van der Waals surface area (Å²) in [6, 6.07) is 12.0. The van der Waals surface area contributed by atoms with Gasteiger partial charge in [-0.2, -0.15) is 21.0 Å². The average Bonchev–Trinajstić information content (AvgIpc) is 3.32. The zero-order valence-electron chi connectivity index (χ0n) is 11.7. The quantitative estimate of drug-likeness (QED) is 0.899. The van der Waals surface area contributed by atoms with Gasteiger partial charge in [-0.1, -0.05) is 0 Å². The standard InChI is InChI=1S/C16H9N5O2/c17-7-15(8-18)13(11-3-1-5-22-11)21-14(12-4-2-6-23-12)16(15,9-19)10-20/h1-6,13-14,21H. The monoisotopic (exact) mass is 303 g/mol. The Bertz CT molecular complexity index is 769. The molecule has 0 amide bonds. The number of nitriles is 4. The zero-order chi connectivity index (χ0) is 16.5. The van der Waals surface area contributed by atoms with Crippen molar-refractivity contribution in [3.05, 3.63) is 48.3 Å². The fraction of sp³-hybridized carbons (Fsp3) is 0.250. The van der Waals surface area contributed by atoms with Gasteiger partial charge in [0.25, 0.3) is 0 Å². The molecule has 0 aromatic carbocycles. The summed E-state index contributed by atoms with van der Waals surface area (Å²) in [7, 11) is 0. The Labute approximate surface area is 131 Å². The van der Waals surface area contributed by atoms with Crippen molar-refractivity contribution in [2.45, 2.75) is 12.1 Å². The van der Waals surface area contributed by atoms with E-state index in [1.165, 1.54) is 12.5 Å². The van der Waals surface area contributed by atoms with Crippen LogP contribution in [0.25, 0.3) is 0 Å².